The molecule has 1 unspecified atom stereocenters. The minimum absolute atomic E-state index is 0.133. The van der Waals surface area contributed by atoms with E-state index in [1.165, 1.54) is 38.3 Å². The summed E-state index contributed by atoms with van der Waals surface area (Å²) in [7, 11) is 0. The Labute approximate surface area is 176 Å². The van der Waals surface area contributed by atoms with Crippen molar-refractivity contribution in [2.45, 2.75) is 26.9 Å². The molecule has 1 N–H and O–H groups in total. The predicted molar refractivity (Wildman–Crippen MR) is 109 cm³/mol. The molecule has 2 aromatic rings. The first-order valence-corrected chi connectivity index (χ1v) is 9.30. The van der Waals surface area contributed by atoms with Gasteiger partial charge in [-0.15, -0.1) is 0 Å². The fourth-order valence-electron chi connectivity index (χ4n) is 2.12. The topological polar surface area (TPSA) is 103 Å². The molecule has 0 radical (unpaired) electrons. The summed E-state index contributed by atoms with van der Waals surface area (Å²) < 4.78 is 16.5. The zero-order valence-electron chi connectivity index (χ0n) is 16.0. The number of carbonyl (C=O) groups is 3. The van der Waals surface area contributed by atoms with Gasteiger partial charge in [-0.1, -0.05) is 15.9 Å². The molecule has 2 aromatic carbocycles. The van der Waals surface area contributed by atoms with E-state index < -0.39 is 23.9 Å². The fourth-order valence-corrected chi connectivity index (χ4v) is 2.39. The van der Waals surface area contributed by atoms with Crippen LogP contribution in [-0.4, -0.2) is 30.2 Å². The molecule has 1 amide bonds. The summed E-state index contributed by atoms with van der Waals surface area (Å²) in [6.45, 7) is 4.08. The number of carbonyl (C=O) groups excluding carboxylic acids is 3. The lowest BCUT2D eigenvalue weighted by atomic mass is 10.2. The minimum Gasteiger partial charge on any atom is -0.481 e. The van der Waals surface area contributed by atoms with E-state index in [-0.39, 0.29) is 11.5 Å². The van der Waals surface area contributed by atoms with Gasteiger partial charge in [0.2, 0.25) is 0 Å². The van der Waals surface area contributed by atoms with Gasteiger partial charge in [0.1, 0.15) is 17.2 Å². The molecular formula is C20H19BrN2O6. The lowest BCUT2D eigenvalue weighted by molar-refractivity contribution is -0.132. The maximum Gasteiger partial charge on any atom is 0.308 e. The third kappa shape index (κ3) is 7.38. The number of halogens is 1. The van der Waals surface area contributed by atoms with Crippen molar-refractivity contribution in [3.63, 3.8) is 0 Å². The number of hydrogen-bond acceptors (Lipinski definition) is 7. The lowest BCUT2D eigenvalue weighted by Crippen LogP contribution is -2.33. The molecule has 0 aliphatic carbocycles. The molecule has 8 nitrogen and oxygen atoms in total. The second-order valence-electron chi connectivity index (χ2n) is 5.84. The second-order valence-corrected chi connectivity index (χ2v) is 6.75. The van der Waals surface area contributed by atoms with E-state index in [0.717, 1.165) is 4.47 Å². The number of ether oxygens (including phenoxy) is 3. The van der Waals surface area contributed by atoms with E-state index in [1.807, 2.05) is 0 Å². The SMILES string of the molecule is CC(=O)Oc1ccc(C=NNC(=O)C(C)Oc2ccc(Br)cc2)c(OC(C)=O)c1. The van der Waals surface area contributed by atoms with Crippen LogP contribution in [-0.2, 0) is 14.4 Å². The third-order valence-electron chi connectivity index (χ3n) is 3.37. The van der Waals surface area contributed by atoms with Crippen molar-refractivity contribution in [1.29, 1.82) is 0 Å². The number of esters is 2. The van der Waals surface area contributed by atoms with Crippen LogP contribution >= 0.6 is 15.9 Å². The molecule has 0 heterocycles. The number of benzene rings is 2. The Kier molecular flexibility index (Phi) is 7.90. The van der Waals surface area contributed by atoms with Gasteiger partial charge < -0.3 is 14.2 Å². The van der Waals surface area contributed by atoms with Crippen molar-refractivity contribution >= 4 is 40.0 Å². The highest BCUT2D eigenvalue weighted by Gasteiger charge is 2.14. The fraction of sp³-hybridized carbons (Fsp3) is 0.200. The Bertz CT molecular complexity index is 927. The van der Waals surface area contributed by atoms with Gasteiger partial charge in [-0.3, -0.25) is 14.4 Å². The van der Waals surface area contributed by atoms with E-state index >= 15 is 0 Å². The van der Waals surface area contributed by atoms with E-state index in [1.54, 1.807) is 31.2 Å². The van der Waals surface area contributed by atoms with Crippen LogP contribution in [0.25, 0.3) is 0 Å². The van der Waals surface area contributed by atoms with Crippen LogP contribution in [0.2, 0.25) is 0 Å². The number of hydrogen-bond donors (Lipinski definition) is 1. The first kappa shape index (κ1) is 22.1. The molecule has 0 spiro atoms. The first-order chi connectivity index (χ1) is 13.7. The van der Waals surface area contributed by atoms with Crippen molar-refractivity contribution < 1.29 is 28.6 Å². The van der Waals surface area contributed by atoms with Crippen LogP contribution in [0.15, 0.2) is 52.0 Å². The van der Waals surface area contributed by atoms with E-state index in [0.29, 0.717) is 11.3 Å². The van der Waals surface area contributed by atoms with E-state index in [9.17, 15) is 14.4 Å². The average molecular weight is 463 g/mol. The first-order valence-electron chi connectivity index (χ1n) is 8.50. The molecule has 0 saturated heterocycles. The van der Waals surface area contributed by atoms with Crippen molar-refractivity contribution in [1.82, 2.24) is 5.43 Å². The second kappa shape index (κ2) is 10.4. The molecule has 0 aliphatic rings. The Balaban J connectivity index is 2.03. The molecule has 2 rings (SSSR count). The van der Waals surface area contributed by atoms with E-state index in [4.69, 9.17) is 14.2 Å². The van der Waals surface area contributed by atoms with Gasteiger partial charge >= 0.3 is 11.9 Å². The quantitative estimate of drug-likeness (QED) is 0.293. The number of rotatable bonds is 7. The number of nitrogens with zero attached hydrogens (tertiary/aromatic N) is 1. The van der Waals surface area contributed by atoms with Gasteiger partial charge in [0.15, 0.2) is 6.10 Å². The molecular weight excluding hydrogens is 444 g/mol. The molecule has 0 aliphatic heterocycles. The number of nitrogens with one attached hydrogen (secondary N) is 1. The molecule has 0 aromatic heterocycles. The summed E-state index contributed by atoms with van der Waals surface area (Å²) in [6, 6.07) is 11.5. The Morgan fingerprint density at radius 2 is 1.62 bits per heavy atom. The number of hydrazone groups is 1. The van der Waals surface area contributed by atoms with Crippen molar-refractivity contribution in [3.8, 4) is 17.2 Å². The molecule has 0 bridgehead atoms. The summed E-state index contributed by atoms with van der Waals surface area (Å²) in [5.74, 6) is -0.639. The third-order valence-corrected chi connectivity index (χ3v) is 3.90. The number of amides is 1. The minimum atomic E-state index is -0.785. The maximum absolute atomic E-state index is 12.1. The van der Waals surface area contributed by atoms with Crippen molar-refractivity contribution in [3.05, 3.63) is 52.5 Å². The van der Waals surface area contributed by atoms with Crippen LogP contribution in [0.3, 0.4) is 0 Å². The Morgan fingerprint density at radius 3 is 2.24 bits per heavy atom. The van der Waals surface area contributed by atoms with Gasteiger partial charge in [0.05, 0.1) is 6.21 Å². The summed E-state index contributed by atoms with van der Waals surface area (Å²) in [5, 5.41) is 3.87. The Hall–Kier alpha value is -3.20. The van der Waals surface area contributed by atoms with Crippen molar-refractivity contribution in [2.75, 3.05) is 0 Å². The lowest BCUT2D eigenvalue weighted by Gasteiger charge is -2.13. The molecule has 0 fully saturated rings. The average Bonchev–Trinajstić information content (AvgIpc) is 2.64. The van der Waals surface area contributed by atoms with Crippen LogP contribution in [0.5, 0.6) is 17.2 Å². The van der Waals surface area contributed by atoms with Gasteiger partial charge in [-0.05, 0) is 43.3 Å². The van der Waals surface area contributed by atoms with Crippen molar-refractivity contribution in [2.24, 2.45) is 5.10 Å². The smallest absolute Gasteiger partial charge is 0.308 e. The van der Waals surface area contributed by atoms with Crippen LogP contribution in [0.1, 0.15) is 26.3 Å². The molecule has 29 heavy (non-hydrogen) atoms. The summed E-state index contributed by atoms with van der Waals surface area (Å²) in [5.41, 5.74) is 2.76. The monoisotopic (exact) mass is 462 g/mol. The normalized spacial score (nSPS) is 11.6. The van der Waals surface area contributed by atoms with Gasteiger partial charge in [0, 0.05) is 30.0 Å². The summed E-state index contributed by atoms with van der Waals surface area (Å²) in [6.07, 6.45) is 0.521. The van der Waals surface area contributed by atoms with Gasteiger partial charge in [0.25, 0.3) is 5.91 Å². The molecule has 0 saturated carbocycles. The molecule has 1 atom stereocenters. The highest BCUT2D eigenvalue weighted by atomic mass is 79.9. The maximum atomic E-state index is 12.1. The molecule has 152 valence electrons. The highest BCUT2D eigenvalue weighted by Crippen LogP contribution is 2.24. The van der Waals surface area contributed by atoms with Crippen LogP contribution in [0.4, 0.5) is 0 Å². The van der Waals surface area contributed by atoms with Crippen LogP contribution < -0.4 is 19.6 Å². The van der Waals surface area contributed by atoms with Gasteiger partial charge in [-0.25, -0.2) is 5.43 Å². The highest BCUT2D eigenvalue weighted by molar-refractivity contribution is 9.10. The Morgan fingerprint density at radius 1 is 1.00 bits per heavy atom. The summed E-state index contributed by atoms with van der Waals surface area (Å²) >= 11 is 3.32. The largest absolute Gasteiger partial charge is 0.481 e. The van der Waals surface area contributed by atoms with E-state index in [2.05, 4.69) is 26.5 Å². The zero-order valence-corrected chi connectivity index (χ0v) is 17.6. The predicted octanol–water partition coefficient (Wildman–Crippen LogP) is 3.22. The van der Waals surface area contributed by atoms with Crippen LogP contribution in [0, 0.1) is 0 Å². The van der Waals surface area contributed by atoms with Gasteiger partial charge in [-0.2, -0.15) is 5.10 Å². The standard InChI is InChI=1S/C20H19BrN2O6/c1-12(27-17-8-5-16(21)6-9-17)20(26)23-22-11-15-4-7-18(28-13(2)24)10-19(15)29-14(3)25/h4-12H,1-3H3,(H,23,26). The summed E-state index contributed by atoms with van der Waals surface area (Å²) in [4.78, 5) is 34.5. The molecule has 9 heteroatoms. The zero-order chi connectivity index (χ0) is 21.4.